The zero-order valence-corrected chi connectivity index (χ0v) is 18.5. The number of carboxylic acids is 1. The van der Waals surface area contributed by atoms with Gasteiger partial charge in [-0.25, -0.2) is 4.79 Å². The highest BCUT2D eigenvalue weighted by molar-refractivity contribution is 9.10. The number of amides is 1. The molecule has 4 rings (SSSR count). The topological polar surface area (TPSA) is 75.6 Å². The van der Waals surface area contributed by atoms with Crippen LogP contribution in [0.5, 0.6) is 0 Å². The van der Waals surface area contributed by atoms with E-state index in [2.05, 4.69) is 45.5 Å². The third-order valence-corrected chi connectivity index (χ3v) is 6.26. The summed E-state index contributed by atoms with van der Waals surface area (Å²) in [7, 11) is 0. The van der Waals surface area contributed by atoms with Crippen molar-refractivity contribution in [1.29, 1.82) is 0 Å². The minimum Gasteiger partial charge on any atom is -0.481 e. The number of rotatable bonds is 6. The van der Waals surface area contributed by atoms with Gasteiger partial charge in [0.2, 0.25) is 0 Å². The second-order valence-electron chi connectivity index (χ2n) is 7.63. The van der Waals surface area contributed by atoms with Gasteiger partial charge in [-0.2, -0.15) is 0 Å². The van der Waals surface area contributed by atoms with Crippen LogP contribution in [0.4, 0.5) is 4.79 Å². The number of carbonyl (C=O) groups is 2. The van der Waals surface area contributed by atoms with E-state index in [9.17, 15) is 14.7 Å². The Labute approximate surface area is 189 Å². The number of carboxylic acid groups (broad SMARTS) is 1. The Morgan fingerprint density at radius 1 is 0.968 bits per heavy atom. The van der Waals surface area contributed by atoms with Gasteiger partial charge in [-0.1, -0.05) is 76.6 Å². The van der Waals surface area contributed by atoms with Crippen LogP contribution in [0.25, 0.3) is 11.1 Å². The largest absolute Gasteiger partial charge is 0.481 e. The van der Waals surface area contributed by atoms with E-state index in [-0.39, 0.29) is 12.5 Å². The molecule has 2 N–H and O–H groups in total. The summed E-state index contributed by atoms with van der Waals surface area (Å²) >= 11 is 3.37. The zero-order valence-electron chi connectivity index (χ0n) is 16.9. The van der Waals surface area contributed by atoms with Crippen molar-refractivity contribution < 1.29 is 19.4 Å². The fourth-order valence-corrected chi connectivity index (χ4v) is 4.34. The third kappa shape index (κ3) is 4.35. The molecule has 0 heterocycles. The van der Waals surface area contributed by atoms with Crippen molar-refractivity contribution in [3.05, 3.63) is 94.0 Å². The lowest BCUT2D eigenvalue weighted by Crippen LogP contribution is -2.36. The molecular weight excluding hydrogens is 458 g/mol. The summed E-state index contributed by atoms with van der Waals surface area (Å²) in [6.45, 7) is 1.74. The molecule has 1 aliphatic carbocycles. The number of hydrogen-bond donors (Lipinski definition) is 2. The average molecular weight is 480 g/mol. The van der Waals surface area contributed by atoms with Gasteiger partial charge >= 0.3 is 12.1 Å². The first-order chi connectivity index (χ1) is 15.0. The molecule has 0 bridgehead atoms. The number of hydrogen-bond acceptors (Lipinski definition) is 3. The van der Waals surface area contributed by atoms with Crippen LogP contribution in [0.15, 0.2) is 77.3 Å². The highest BCUT2D eigenvalue weighted by Crippen LogP contribution is 2.44. The monoisotopic (exact) mass is 479 g/mol. The summed E-state index contributed by atoms with van der Waals surface area (Å²) in [5.41, 5.74) is 5.25. The Kier molecular flexibility index (Phi) is 6.09. The number of fused-ring (bicyclic) bond motifs is 3. The standard InChI is InChI=1S/C25H22BrNO4/c1-15(24(28)29)23(16-10-12-17(26)13-11-16)27-25(30)31-14-22-20-8-4-2-6-18(20)19-7-3-5-9-21(19)22/h2-13,15,22-23H,14H2,1H3,(H,27,30)(H,28,29). The highest BCUT2D eigenvalue weighted by atomic mass is 79.9. The minimum absolute atomic E-state index is 0.0545. The van der Waals surface area contributed by atoms with Crippen molar-refractivity contribution in [2.24, 2.45) is 5.92 Å². The van der Waals surface area contributed by atoms with Crippen LogP contribution in [0.2, 0.25) is 0 Å². The quantitative estimate of drug-likeness (QED) is 0.471. The molecule has 2 atom stereocenters. The van der Waals surface area contributed by atoms with Gasteiger partial charge in [0.15, 0.2) is 0 Å². The molecule has 3 aromatic carbocycles. The van der Waals surface area contributed by atoms with E-state index >= 15 is 0 Å². The second kappa shape index (κ2) is 8.94. The van der Waals surface area contributed by atoms with Gasteiger partial charge in [0, 0.05) is 10.4 Å². The Morgan fingerprint density at radius 3 is 2.06 bits per heavy atom. The molecule has 0 saturated carbocycles. The molecule has 31 heavy (non-hydrogen) atoms. The number of aliphatic carboxylic acids is 1. The van der Waals surface area contributed by atoms with Crippen LogP contribution in [0.3, 0.4) is 0 Å². The fourth-order valence-electron chi connectivity index (χ4n) is 4.08. The summed E-state index contributed by atoms with van der Waals surface area (Å²) in [6.07, 6.45) is -0.636. The number of ether oxygens (including phenoxy) is 1. The van der Waals surface area contributed by atoms with Crippen molar-refractivity contribution in [2.45, 2.75) is 18.9 Å². The van der Waals surface area contributed by atoms with Gasteiger partial charge in [-0.3, -0.25) is 4.79 Å². The van der Waals surface area contributed by atoms with Crippen molar-refractivity contribution in [3.8, 4) is 11.1 Å². The Bertz CT molecular complexity index is 1070. The maximum atomic E-state index is 12.7. The summed E-state index contributed by atoms with van der Waals surface area (Å²) in [6, 6.07) is 22.7. The molecule has 158 valence electrons. The summed E-state index contributed by atoms with van der Waals surface area (Å²) in [5.74, 6) is -1.87. The van der Waals surface area contributed by atoms with E-state index in [0.717, 1.165) is 26.7 Å². The first-order valence-electron chi connectivity index (χ1n) is 10.1. The summed E-state index contributed by atoms with van der Waals surface area (Å²) in [5, 5.41) is 12.2. The van der Waals surface area contributed by atoms with Gasteiger partial charge in [-0.15, -0.1) is 0 Å². The first kappa shape index (κ1) is 21.1. The normalized spacial score (nSPS) is 14.3. The summed E-state index contributed by atoms with van der Waals surface area (Å²) < 4.78 is 6.47. The molecule has 0 aromatic heterocycles. The molecule has 0 saturated heterocycles. The van der Waals surface area contributed by atoms with E-state index in [4.69, 9.17) is 4.74 Å². The molecule has 0 aliphatic heterocycles. The second-order valence-corrected chi connectivity index (χ2v) is 8.54. The molecule has 3 aromatic rings. The van der Waals surface area contributed by atoms with Crippen molar-refractivity contribution >= 4 is 28.0 Å². The molecule has 0 spiro atoms. The molecule has 1 amide bonds. The molecule has 5 nitrogen and oxygen atoms in total. The Hall–Kier alpha value is -3.12. The van der Waals surface area contributed by atoms with E-state index < -0.39 is 24.0 Å². The van der Waals surface area contributed by atoms with Crippen LogP contribution in [0, 0.1) is 5.92 Å². The maximum Gasteiger partial charge on any atom is 0.407 e. The lowest BCUT2D eigenvalue weighted by Gasteiger charge is -2.23. The van der Waals surface area contributed by atoms with Crippen LogP contribution >= 0.6 is 15.9 Å². The first-order valence-corrected chi connectivity index (χ1v) is 10.8. The van der Waals surface area contributed by atoms with Gasteiger partial charge in [0.25, 0.3) is 0 Å². The van der Waals surface area contributed by atoms with E-state index in [1.165, 1.54) is 0 Å². The van der Waals surface area contributed by atoms with Crippen molar-refractivity contribution in [2.75, 3.05) is 6.61 Å². The number of halogens is 1. The van der Waals surface area contributed by atoms with Gasteiger partial charge in [0.1, 0.15) is 6.61 Å². The summed E-state index contributed by atoms with van der Waals surface area (Å²) in [4.78, 5) is 24.3. The molecule has 2 unspecified atom stereocenters. The number of carbonyl (C=O) groups excluding carboxylic acids is 1. The van der Waals surface area contributed by atoms with Crippen molar-refractivity contribution in [1.82, 2.24) is 5.32 Å². The van der Waals surface area contributed by atoms with Gasteiger partial charge < -0.3 is 15.2 Å². The molecular formula is C25H22BrNO4. The number of nitrogens with one attached hydrogen (secondary N) is 1. The van der Waals surface area contributed by atoms with E-state index in [1.807, 2.05) is 36.4 Å². The molecule has 1 aliphatic rings. The lowest BCUT2D eigenvalue weighted by molar-refractivity contribution is -0.142. The van der Waals surface area contributed by atoms with Crippen molar-refractivity contribution in [3.63, 3.8) is 0 Å². The fraction of sp³-hybridized carbons (Fsp3) is 0.200. The predicted molar refractivity (Wildman–Crippen MR) is 122 cm³/mol. The van der Waals surface area contributed by atoms with Gasteiger partial charge in [0.05, 0.1) is 12.0 Å². The smallest absolute Gasteiger partial charge is 0.407 e. The van der Waals surface area contributed by atoms with Gasteiger partial charge in [-0.05, 0) is 46.9 Å². The zero-order chi connectivity index (χ0) is 22.0. The third-order valence-electron chi connectivity index (χ3n) is 5.74. The van der Waals surface area contributed by atoms with Crippen LogP contribution < -0.4 is 5.32 Å². The lowest BCUT2D eigenvalue weighted by atomic mass is 9.95. The minimum atomic E-state index is -0.994. The molecule has 0 fully saturated rings. The van der Waals surface area contributed by atoms with Crippen LogP contribution in [-0.4, -0.2) is 23.8 Å². The Morgan fingerprint density at radius 2 is 1.52 bits per heavy atom. The SMILES string of the molecule is CC(C(=O)O)C(NC(=O)OCC1c2ccccc2-c2ccccc21)c1ccc(Br)cc1. The van der Waals surface area contributed by atoms with Crippen LogP contribution in [-0.2, 0) is 9.53 Å². The van der Waals surface area contributed by atoms with Crippen LogP contribution in [0.1, 0.15) is 35.6 Å². The highest BCUT2D eigenvalue weighted by Gasteiger charge is 2.31. The number of benzene rings is 3. The molecule has 6 heteroatoms. The predicted octanol–water partition coefficient (Wildman–Crippen LogP) is 5.75. The van der Waals surface area contributed by atoms with E-state index in [0.29, 0.717) is 5.56 Å². The maximum absolute atomic E-state index is 12.7. The Balaban J connectivity index is 1.50. The molecule has 0 radical (unpaired) electrons. The number of alkyl carbamates (subject to hydrolysis) is 1. The average Bonchev–Trinajstić information content (AvgIpc) is 3.10. The van der Waals surface area contributed by atoms with E-state index in [1.54, 1.807) is 19.1 Å².